The highest BCUT2D eigenvalue weighted by Gasteiger charge is 2.08. The highest BCUT2D eigenvalue weighted by Crippen LogP contribution is 2.18. The Morgan fingerprint density at radius 2 is 1.73 bits per heavy atom. The summed E-state index contributed by atoms with van der Waals surface area (Å²) in [7, 11) is 0. The predicted molar refractivity (Wildman–Crippen MR) is 106 cm³/mol. The van der Waals surface area contributed by atoms with Gasteiger partial charge in [0.15, 0.2) is 0 Å². The first-order valence-electron chi connectivity index (χ1n) is 8.83. The van der Waals surface area contributed by atoms with Crippen molar-refractivity contribution in [1.82, 2.24) is 0 Å². The Morgan fingerprint density at radius 1 is 0.962 bits per heavy atom. The maximum atomic E-state index is 12.5. The second-order valence-corrected chi connectivity index (χ2v) is 6.27. The maximum absolute atomic E-state index is 12.5. The van der Waals surface area contributed by atoms with Gasteiger partial charge in [-0.15, -0.1) is 0 Å². The fourth-order valence-corrected chi connectivity index (χ4v) is 2.77. The lowest BCUT2D eigenvalue weighted by Gasteiger charge is -2.10. The molecule has 132 valence electrons. The Bertz CT molecular complexity index is 885. The van der Waals surface area contributed by atoms with E-state index < -0.39 is 0 Å². The van der Waals surface area contributed by atoms with Crippen molar-refractivity contribution in [3.05, 3.63) is 95.1 Å². The monoisotopic (exact) mass is 345 g/mol. The highest BCUT2D eigenvalue weighted by molar-refractivity contribution is 6.04. The largest absolute Gasteiger partial charge is 0.489 e. The van der Waals surface area contributed by atoms with E-state index in [-0.39, 0.29) is 5.91 Å². The molecule has 0 aromatic heterocycles. The summed E-state index contributed by atoms with van der Waals surface area (Å²) in [6, 6.07) is 23.4. The van der Waals surface area contributed by atoms with E-state index in [4.69, 9.17) is 4.74 Å². The van der Waals surface area contributed by atoms with Crippen LogP contribution in [-0.4, -0.2) is 5.91 Å². The van der Waals surface area contributed by atoms with Crippen LogP contribution in [0.3, 0.4) is 0 Å². The average molecular weight is 345 g/mol. The van der Waals surface area contributed by atoms with Gasteiger partial charge in [0, 0.05) is 11.3 Å². The number of aryl methyl sites for hydroxylation is 2. The summed E-state index contributed by atoms with van der Waals surface area (Å²) in [4.78, 5) is 12.5. The lowest BCUT2D eigenvalue weighted by molar-refractivity contribution is 0.102. The molecule has 0 unspecified atom stereocenters. The van der Waals surface area contributed by atoms with Gasteiger partial charge in [0.1, 0.15) is 12.4 Å². The standard InChI is InChI=1S/C23H23NO2/c1-3-19-8-4-5-10-22(19)24-23(25)20-13-11-18(12-14-20)16-26-21-9-6-7-17(2)15-21/h4-15H,3,16H2,1-2H3,(H,24,25). The van der Waals surface area contributed by atoms with Crippen molar-refractivity contribution in [2.75, 3.05) is 5.32 Å². The number of nitrogens with one attached hydrogen (secondary N) is 1. The van der Waals surface area contributed by atoms with Crippen molar-refractivity contribution in [2.24, 2.45) is 0 Å². The highest BCUT2D eigenvalue weighted by atomic mass is 16.5. The molecule has 0 saturated carbocycles. The van der Waals surface area contributed by atoms with Gasteiger partial charge in [-0.05, 0) is 60.4 Å². The molecule has 0 heterocycles. The minimum Gasteiger partial charge on any atom is -0.489 e. The molecule has 0 aliphatic carbocycles. The van der Waals surface area contributed by atoms with Gasteiger partial charge in [0.25, 0.3) is 5.91 Å². The fraction of sp³-hybridized carbons (Fsp3) is 0.174. The van der Waals surface area contributed by atoms with Crippen LogP contribution < -0.4 is 10.1 Å². The maximum Gasteiger partial charge on any atom is 0.255 e. The second-order valence-electron chi connectivity index (χ2n) is 6.27. The first-order chi connectivity index (χ1) is 12.7. The van der Waals surface area contributed by atoms with Gasteiger partial charge in [-0.3, -0.25) is 4.79 Å². The van der Waals surface area contributed by atoms with Crippen molar-refractivity contribution in [3.63, 3.8) is 0 Å². The summed E-state index contributed by atoms with van der Waals surface area (Å²) >= 11 is 0. The minimum atomic E-state index is -0.1000. The number of amides is 1. The van der Waals surface area contributed by atoms with Crippen LogP contribution >= 0.6 is 0 Å². The summed E-state index contributed by atoms with van der Waals surface area (Å²) in [6.07, 6.45) is 0.881. The number of hydrogen-bond acceptors (Lipinski definition) is 2. The molecule has 0 fully saturated rings. The third-order valence-electron chi connectivity index (χ3n) is 4.26. The molecule has 1 amide bonds. The molecule has 3 nitrogen and oxygen atoms in total. The first kappa shape index (κ1) is 17.7. The molecular weight excluding hydrogens is 322 g/mol. The minimum absolute atomic E-state index is 0.1000. The van der Waals surface area contributed by atoms with Gasteiger partial charge in [-0.1, -0.05) is 49.4 Å². The molecular formula is C23H23NO2. The van der Waals surface area contributed by atoms with Crippen molar-refractivity contribution < 1.29 is 9.53 Å². The van der Waals surface area contributed by atoms with Crippen molar-refractivity contribution in [1.29, 1.82) is 0 Å². The molecule has 0 saturated heterocycles. The van der Waals surface area contributed by atoms with Crippen LogP contribution in [0.1, 0.15) is 34.0 Å². The zero-order valence-electron chi connectivity index (χ0n) is 15.2. The zero-order valence-corrected chi connectivity index (χ0v) is 15.2. The van der Waals surface area contributed by atoms with Gasteiger partial charge in [-0.2, -0.15) is 0 Å². The summed E-state index contributed by atoms with van der Waals surface area (Å²) in [5, 5.41) is 2.99. The Morgan fingerprint density at radius 3 is 2.46 bits per heavy atom. The van der Waals surface area contributed by atoms with Crippen molar-refractivity contribution >= 4 is 11.6 Å². The number of anilines is 1. The number of benzene rings is 3. The molecule has 3 heteroatoms. The Hall–Kier alpha value is -3.07. The predicted octanol–water partition coefficient (Wildman–Crippen LogP) is 5.39. The molecule has 0 bridgehead atoms. The van der Waals surface area contributed by atoms with Crippen LogP contribution in [0, 0.1) is 6.92 Å². The van der Waals surface area contributed by atoms with Gasteiger partial charge in [0.05, 0.1) is 0 Å². The summed E-state index contributed by atoms with van der Waals surface area (Å²) in [5.41, 5.74) is 4.82. The molecule has 0 aliphatic rings. The van der Waals surface area contributed by atoms with Crippen LogP contribution in [0.4, 0.5) is 5.69 Å². The number of hydrogen-bond donors (Lipinski definition) is 1. The van der Waals surface area contributed by atoms with Crippen LogP contribution in [0.25, 0.3) is 0 Å². The molecule has 0 spiro atoms. The van der Waals surface area contributed by atoms with E-state index in [0.29, 0.717) is 12.2 Å². The van der Waals surface area contributed by atoms with E-state index in [1.54, 1.807) is 0 Å². The molecule has 0 atom stereocenters. The van der Waals surface area contributed by atoms with Crippen LogP contribution in [0.2, 0.25) is 0 Å². The molecule has 0 aliphatic heterocycles. The first-order valence-corrected chi connectivity index (χ1v) is 8.83. The van der Waals surface area contributed by atoms with E-state index in [9.17, 15) is 4.79 Å². The van der Waals surface area contributed by atoms with Crippen molar-refractivity contribution in [3.8, 4) is 5.75 Å². The topological polar surface area (TPSA) is 38.3 Å². The molecule has 3 aromatic carbocycles. The zero-order chi connectivity index (χ0) is 18.4. The number of carbonyl (C=O) groups excluding carboxylic acids is 1. The SMILES string of the molecule is CCc1ccccc1NC(=O)c1ccc(COc2cccc(C)c2)cc1. The fourth-order valence-electron chi connectivity index (χ4n) is 2.77. The van der Waals surface area contributed by atoms with E-state index in [1.807, 2.05) is 79.7 Å². The van der Waals surface area contributed by atoms with Gasteiger partial charge in [-0.25, -0.2) is 0 Å². The summed E-state index contributed by atoms with van der Waals surface area (Å²) < 4.78 is 5.80. The number of ether oxygens (including phenoxy) is 1. The molecule has 3 rings (SSSR count). The number of rotatable bonds is 6. The van der Waals surface area contributed by atoms with E-state index in [1.165, 1.54) is 5.56 Å². The third kappa shape index (κ3) is 4.51. The normalized spacial score (nSPS) is 10.4. The smallest absolute Gasteiger partial charge is 0.255 e. The Balaban J connectivity index is 1.62. The van der Waals surface area contributed by atoms with Crippen LogP contribution in [0.5, 0.6) is 5.75 Å². The molecule has 0 radical (unpaired) electrons. The molecule has 1 N–H and O–H groups in total. The van der Waals surface area contributed by atoms with E-state index in [2.05, 4.69) is 12.2 Å². The number of para-hydroxylation sites is 1. The third-order valence-corrected chi connectivity index (χ3v) is 4.26. The van der Waals surface area contributed by atoms with Crippen molar-refractivity contribution in [2.45, 2.75) is 26.9 Å². The van der Waals surface area contributed by atoms with Crippen LogP contribution in [0.15, 0.2) is 72.8 Å². The van der Waals surface area contributed by atoms with Crippen LogP contribution in [-0.2, 0) is 13.0 Å². The molecule has 3 aromatic rings. The second kappa shape index (κ2) is 8.34. The Kier molecular flexibility index (Phi) is 5.69. The Labute approximate surface area is 154 Å². The molecule has 26 heavy (non-hydrogen) atoms. The lowest BCUT2D eigenvalue weighted by Crippen LogP contribution is -2.13. The average Bonchev–Trinajstić information content (AvgIpc) is 2.67. The van der Waals surface area contributed by atoms with Gasteiger partial charge < -0.3 is 10.1 Å². The van der Waals surface area contributed by atoms with E-state index >= 15 is 0 Å². The lowest BCUT2D eigenvalue weighted by atomic mass is 10.1. The summed E-state index contributed by atoms with van der Waals surface area (Å²) in [5.74, 6) is 0.750. The van der Waals surface area contributed by atoms with E-state index in [0.717, 1.165) is 29.0 Å². The summed E-state index contributed by atoms with van der Waals surface area (Å²) in [6.45, 7) is 4.59. The van der Waals surface area contributed by atoms with Gasteiger partial charge >= 0.3 is 0 Å². The van der Waals surface area contributed by atoms with Gasteiger partial charge in [0.2, 0.25) is 0 Å². The quantitative estimate of drug-likeness (QED) is 0.650. The number of carbonyl (C=O) groups is 1.